The third kappa shape index (κ3) is 4.94. The zero-order chi connectivity index (χ0) is 37.4. The molecule has 0 atom stereocenters. The van der Waals surface area contributed by atoms with Crippen LogP contribution in [0.3, 0.4) is 0 Å². The van der Waals surface area contributed by atoms with E-state index < -0.39 is 0 Å². The van der Waals surface area contributed by atoms with E-state index in [4.69, 9.17) is 0 Å². The van der Waals surface area contributed by atoms with E-state index >= 15 is 0 Å². The molecule has 11 rings (SSSR count). The summed E-state index contributed by atoms with van der Waals surface area (Å²) in [6.07, 6.45) is 0. The van der Waals surface area contributed by atoms with E-state index in [9.17, 15) is 0 Å². The van der Waals surface area contributed by atoms with E-state index in [1.165, 1.54) is 94.3 Å². The first-order chi connectivity index (χ1) is 27.5. The molecular formula is C55H39N. The van der Waals surface area contributed by atoms with Gasteiger partial charge in [0, 0.05) is 22.4 Å². The molecule has 56 heavy (non-hydrogen) atoms. The standard InChI is InChI=1S/C55H39N/c1-55(2)50-20-10-9-17-48(50)54-51(55)21-12-22-52(54)56(41-28-23-38(24-29-41)36-13-5-3-6-14-36)42-30-25-39(26-31-42)43-33-34-47-49-35-40(37-15-7-4-8-16-37)27-32-44(49)46-19-11-18-45(43)53(46)47/h3-35H,1-2H3. The lowest BCUT2D eigenvalue weighted by Crippen LogP contribution is -2.16. The summed E-state index contributed by atoms with van der Waals surface area (Å²) in [4.78, 5) is 2.45. The monoisotopic (exact) mass is 713 g/mol. The Labute approximate surface area is 328 Å². The minimum Gasteiger partial charge on any atom is -0.310 e. The molecule has 2 aliphatic rings. The molecule has 9 aromatic rings. The summed E-state index contributed by atoms with van der Waals surface area (Å²) < 4.78 is 0. The summed E-state index contributed by atoms with van der Waals surface area (Å²) in [5, 5.41) is 2.63. The maximum absolute atomic E-state index is 2.45. The van der Waals surface area contributed by atoms with Crippen molar-refractivity contribution in [2.24, 2.45) is 0 Å². The summed E-state index contributed by atoms with van der Waals surface area (Å²) in [5.74, 6) is 0. The fourth-order valence-electron chi connectivity index (χ4n) is 9.49. The Balaban J connectivity index is 1.03. The van der Waals surface area contributed by atoms with Crippen molar-refractivity contribution in [2.45, 2.75) is 19.3 Å². The highest BCUT2D eigenvalue weighted by molar-refractivity contribution is 6.19. The van der Waals surface area contributed by atoms with E-state index in [0.717, 1.165) is 11.4 Å². The normalized spacial score (nSPS) is 13.0. The van der Waals surface area contributed by atoms with Gasteiger partial charge in [-0.05, 0) is 119 Å². The van der Waals surface area contributed by atoms with Crippen LogP contribution in [-0.4, -0.2) is 0 Å². The third-order valence-electron chi connectivity index (χ3n) is 12.2. The zero-order valence-corrected chi connectivity index (χ0v) is 31.5. The number of fused-ring (bicyclic) bond motifs is 6. The summed E-state index contributed by atoms with van der Waals surface area (Å²) in [5.41, 5.74) is 21.4. The first kappa shape index (κ1) is 32.5. The molecule has 2 aliphatic carbocycles. The molecule has 0 heterocycles. The van der Waals surface area contributed by atoms with E-state index in [0.29, 0.717) is 0 Å². The van der Waals surface area contributed by atoms with Crippen LogP contribution in [0, 0.1) is 0 Å². The fraction of sp³-hybridized carbons (Fsp3) is 0.0545. The van der Waals surface area contributed by atoms with Crippen LogP contribution in [0.25, 0.3) is 77.5 Å². The molecule has 9 aromatic carbocycles. The van der Waals surface area contributed by atoms with Gasteiger partial charge in [0.25, 0.3) is 0 Å². The largest absolute Gasteiger partial charge is 0.310 e. The van der Waals surface area contributed by atoms with Crippen molar-refractivity contribution in [3.63, 3.8) is 0 Å². The highest BCUT2D eigenvalue weighted by Gasteiger charge is 2.37. The Morgan fingerprint density at radius 1 is 0.339 bits per heavy atom. The molecular weight excluding hydrogens is 675 g/mol. The van der Waals surface area contributed by atoms with Gasteiger partial charge in [0.1, 0.15) is 0 Å². The second kappa shape index (κ2) is 12.5. The van der Waals surface area contributed by atoms with Crippen LogP contribution in [0.1, 0.15) is 25.0 Å². The van der Waals surface area contributed by atoms with Crippen molar-refractivity contribution in [3.8, 4) is 66.8 Å². The number of benzene rings is 9. The number of anilines is 3. The Morgan fingerprint density at radius 3 is 1.59 bits per heavy atom. The number of rotatable bonds is 6. The topological polar surface area (TPSA) is 3.24 Å². The first-order valence-corrected chi connectivity index (χ1v) is 19.6. The van der Waals surface area contributed by atoms with Crippen LogP contribution in [-0.2, 0) is 5.41 Å². The van der Waals surface area contributed by atoms with Crippen molar-refractivity contribution in [1.29, 1.82) is 0 Å². The minimum atomic E-state index is -0.0901. The van der Waals surface area contributed by atoms with Crippen molar-refractivity contribution >= 4 is 27.8 Å². The van der Waals surface area contributed by atoms with Gasteiger partial charge in [-0.15, -0.1) is 0 Å². The van der Waals surface area contributed by atoms with Gasteiger partial charge in [0.2, 0.25) is 0 Å². The quantitative estimate of drug-likeness (QED) is 0.166. The SMILES string of the molecule is CC1(C)c2ccccc2-c2c(N(c3ccc(-c4ccccc4)cc3)c3ccc(-c4ccc5c6c(cccc46)-c4ccc(-c6ccccc6)cc4-5)cc3)cccc21. The Morgan fingerprint density at radius 2 is 0.857 bits per heavy atom. The summed E-state index contributed by atoms with van der Waals surface area (Å²) in [6, 6.07) is 73.8. The van der Waals surface area contributed by atoms with Crippen molar-refractivity contribution < 1.29 is 0 Å². The van der Waals surface area contributed by atoms with Crippen LogP contribution in [0.4, 0.5) is 17.1 Å². The highest BCUT2D eigenvalue weighted by atomic mass is 15.1. The van der Waals surface area contributed by atoms with E-state index in [2.05, 4.69) is 219 Å². The molecule has 264 valence electrons. The lowest BCUT2D eigenvalue weighted by Gasteiger charge is -2.29. The molecule has 0 radical (unpaired) electrons. The van der Waals surface area contributed by atoms with Gasteiger partial charge in [0.05, 0.1) is 5.69 Å². The summed E-state index contributed by atoms with van der Waals surface area (Å²) in [7, 11) is 0. The van der Waals surface area contributed by atoms with Gasteiger partial charge in [-0.25, -0.2) is 0 Å². The predicted octanol–water partition coefficient (Wildman–Crippen LogP) is 15.3. The molecule has 1 nitrogen and oxygen atoms in total. The smallest absolute Gasteiger partial charge is 0.0543 e. The van der Waals surface area contributed by atoms with Crippen molar-refractivity contribution in [2.75, 3.05) is 4.90 Å². The molecule has 0 amide bonds. The molecule has 0 aliphatic heterocycles. The highest BCUT2D eigenvalue weighted by Crippen LogP contribution is 2.55. The molecule has 0 bridgehead atoms. The number of nitrogens with zero attached hydrogens (tertiary/aromatic N) is 1. The van der Waals surface area contributed by atoms with Gasteiger partial charge in [-0.1, -0.05) is 178 Å². The van der Waals surface area contributed by atoms with Gasteiger partial charge in [-0.3, -0.25) is 0 Å². The van der Waals surface area contributed by atoms with E-state index in [-0.39, 0.29) is 5.41 Å². The van der Waals surface area contributed by atoms with E-state index in [1.807, 2.05) is 0 Å². The molecule has 0 unspecified atom stereocenters. The maximum atomic E-state index is 2.45. The van der Waals surface area contributed by atoms with Gasteiger partial charge >= 0.3 is 0 Å². The van der Waals surface area contributed by atoms with Crippen LogP contribution < -0.4 is 4.90 Å². The average molecular weight is 714 g/mol. The number of hydrogen-bond donors (Lipinski definition) is 0. The Kier molecular flexibility index (Phi) is 7.28. The lowest BCUT2D eigenvalue weighted by atomic mass is 9.82. The maximum Gasteiger partial charge on any atom is 0.0543 e. The van der Waals surface area contributed by atoms with Crippen LogP contribution in [0.5, 0.6) is 0 Å². The van der Waals surface area contributed by atoms with Crippen molar-refractivity contribution in [3.05, 3.63) is 211 Å². The minimum absolute atomic E-state index is 0.0901. The Hall–Kier alpha value is -6.96. The molecule has 0 aromatic heterocycles. The van der Waals surface area contributed by atoms with Crippen molar-refractivity contribution in [1.82, 2.24) is 0 Å². The zero-order valence-electron chi connectivity index (χ0n) is 31.5. The predicted molar refractivity (Wildman–Crippen MR) is 237 cm³/mol. The third-order valence-corrected chi connectivity index (χ3v) is 12.2. The summed E-state index contributed by atoms with van der Waals surface area (Å²) >= 11 is 0. The van der Waals surface area contributed by atoms with Gasteiger partial charge < -0.3 is 4.90 Å². The molecule has 0 saturated heterocycles. The van der Waals surface area contributed by atoms with Crippen LogP contribution >= 0.6 is 0 Å². The average Bonchev–Trinajstić information content (AvgIpc) is 3.71. The molecule has 0 N–H and O–H groups in total. The fourth-order valence-corrected chi connectivity index (χ4v) is 9.49. The van der Waals surface area contributed by atoms with Gasteiger partial charge in [-0.2, -0.15) is 0 Å². The van der Waals surface area contributed by atoms with Crippen LogP contribution in [0.2, 0.25) is 0 Å². The van der Waals surface area contributed by atoms with Crippen LogP contribution in [0.15, 0.2) is 200 Å². The van der Waals surface area contributed by atoms with Gasteiger partial charge in [0.15, 0.2) is 0 Å². The van der Waals surface area contributed by atoms with E-state index in [1.54, 1.807) is 0 Å². The molecule has 0 fully saturated rings. The molecule has 0 spiro atoms. The second-order valence-corrected chi connectivity index (χ2v) is 15.7. The second-order valence-electron chi connectivity index (χ2n) is 15.7. The lowest BCUT2D eigenvalue weighted by molar-refractivity contribution is 0.660. The molecule has 0 saturated carbocycles. The molecule has 1 heteroatoms. The first-order valence-electron chi connectivity index (χ1n) is 19.6. The summed E-state index contributed by atoms with van der Waals surface area (Å²) in [6.45, 7) is 4.71. The Bertz CT molecular complexity index is 2960. The number of hydrogen-bond acceptors (Lipinski definition) is 1.